The van der Waals surface area contributed by atoms with E-state index in [1.165, 1.54) is 0 Å². The summed E-state index contributed by atoms with van der Waals surface area (Å²) in [5.74, 6) is 1.10. The Kier molecular flexibility index (Phi) is 3.32. The lowest BCUT2D eigenvalue weighted by atomic mass is 10.2. The van der Waals surface area contributed by atoms with Gasteiger partial charge < -0.3 is 24.1 Å². The lowest BCUT2D eigenvalue weighted by Crippen LogP contribution is -2.35. The van der Waals surface area contributed by atoms with Crippen LogP contribution in [0.3, 0.4) is 0 Å². The molecule has 2 unspecified atom stereocenters. The van der Waals surface area contributed by atoms with E-state index in [0.29, 0.717) is 38.1 Å². The smallest absolute Gasteiger partial charge is 0.258 e. The van der Waals surface area contributed by atoms with Crippen molar-refractivity contribution in [1.82, 2.24) is 15.5 Å². The number of rotatable bonds is 2. The maximum absolute atomic E-state index is 5.49. The number of nitrogens with zero attached hydrogens (tertiary/aromatic N) is 2. The average Bonchev–Trinajstić information content (AvgIpc) is 2.90. The average molecular weight is 241 g/mol. The Labute approximate surface area is 98.4 Å². The summed E-state index contributed by atoms with van der Waals surface area (Å²) >= 11 is 0. The first-order chi connectivity index (χ1) is 8.43. The lowest BCUT2D eigenvalue weighted by molar-refractivity contribution is -0.101. The van der Waals surface area contributed by atoms with Crippen LogP contribution in [0.1, 0.15) is 23.9 Å². The van der Waals surface area contributed by atoms with Crippen LogP contribution in [0.5, 0.6) is 0 Å². The van der Waals surface area contributed by atoms with Gasteiger partial charge in [0.15, 0.2) is 11.9 Å². The summed E-state index contributed by atoms with van der Waals surface area (Å²) in [5.41, 5.74) is 0. The molecule has 1 aromatic rings. The van der Waals surface area contributed by atoms with Crippen molar-refractivity contribution in [2.45, 2.75) is 12.1 Å². The predicted molar refractivity (Wildman–Crippen MR) is 55.4 cm³/mol. The Balaban J connectivity index is 1.68. The van der Waals surface area contributed by atoms with Gasteiger partial charge in [0.25, 0.3) is 5.89 Å². The molecule has 0 bridgehead atoms. The predicted octanol–water partition coefficient (Wildman–Crippen LogP) is -0.182. The van der Waals surface area contributed by atoms with Crippen molar-refractivity contribution in [2.24, 2.45) is 0 Å². The minimum atomic E-state index is -0.241. The van der Waals surface area contributed by atoms with Crippen molar-refractivity contribution in [1.29, 1.82) is 0 Å². The third-order valence-electron chi connectivity index (χ3n) is 2.78. The topological polar surface area (TPSA) is 78.6 Å². The highest BCUT2D eigenvalue weighted by Gasteiger charge is 2.26. The van der Waals surface area contributed by atoms with Crippen LogP contribution < -0.4 is 5.32 Å². The van der Waals surface area contributed by atoms with Gasteiger partial charge in [-0.1, -0.05) is 5.16 Å². The zero-order chi connectivity index (χ0) is 11.5. The van der Waals surface area contributed by atoms with E-state index in [4.69, 9.17) is 18.7 Å². The molecule has 0 saturated carbocycles. The minimum Gasteiger partial charge on any atom is -0.378 e. The number of hydrogen-bond acceptors (Lipinski definition) is 7. The first-order valence-electron chi connectivity index (χ1n) is 5.77. The van der Waals surface area contributed by atoms with E-state index < -0.39 is 0 Å². The van der Waals surface area contributed by atoms with E-state index in [0.717, 1.165) is 13.2 Å². The second kappa shape index (κ2) is 5.09. The quantitative estimate of drug-likeness (QED) is 0.769. The van der Waals surface area contributed by atoms with E-state index in [1.807, 2.05) is 0 Å². The van der Waals surface area contributed by atoms with Crippen LogP contribution in [-0.4, -0.2) is 49.7 Å². The molecule has 94 valence electrons. The molecule has 3 heterocycles. The molecule has 2 aliphatic rings. The Bertz CT molecular complexity index is 326. The monoisotopic (exact) mass is 241 g/mol. The van der Waals surface area contributed by atoms with Gasteiger partial charge in [-0.2, -0.15) is 4.98 Å². The van der Waals surface area contributed by atoms with Crippen LogP contribution in [0.2, 0.25) is 0 Å². The Hall–Kier alpha value is -1.02. The second-order valence-electron chi connectivity index (χ2n) is 4.01. The molecule has 0 spiro atoms. The van der Waals surface area contributed by atoms with Crippen molar-refractivity contribution >= 4 is 0 Å². The molecule has 7 heteroatoms. The van der Waals surface area contributed by atoms with Gasteiger partial charge in [-0.25, -0.2) is 0 Å². The SMILES string of the molecule is C1COCC(c2noc(C3COCCO3)n2)N1. The van der Waals surface area contributed by atoms with Crippen LogP contribution in [0, 0.1) is 0 Å². The number of hydrogen-bond donors (Lipinski definition) is 1. The summed E-state index contributed by atoms with van der Waals surface area (Å²) < 4.78 is 21.3. The molecule has 2 atom stereocenters. The maximum atomic E-state index is 5.49. The standard InChI is InChI=1S/C10H15N3O4/c1-2-14-5-7(11-1)9-12-10(17-13-9)8-6-15-3-4-16-8/h7-8,11H,1-6H2. The minimum absolute atomic E-state index is 0.00533. The fourth-order valence-corrected chi connectivity index (χ4v) is 1.88. The molecule has 1 N–H and O–H groups in total. The van der Waals surface area contributed by atoms with Crippen LogP contribution >= 0.6 is 0 Å². The number of nitrogens with one attached hydrogen (secondary N) is 1. The van der Waals surface area contributed by atoms with Gasteiger partial charge >= 0.3 is 0 Å². The van der Waals surface area contributed by atoms with Crippen LogP contribution in [-0.2, 0) is 14.2 Å². The first kappa shape index (κ1) is 11.1. The van der Waals surface area contributed by atoms with Crippen molar-refractivity contribution in [3.63, 3.8) is 0 Å². The van der Waals surface area contributed by atoms with E-state index in [2.05, 4.69) is 15.5 Å². The summed E-state index contributed by atoms with van der Waals surface area (Å²) in [4.78, 5) is 4.33. The largest absolute Gasteiger partial charge is 0.378 e. The van der Waals surface area contributed by atoms with Crippen LogP contribution in [0.15, 0.2) is 4.52 Å². The lowest BCUT2D eigenvalue weighted by Gasteiger charge is -2.21. The number of ether oxygens (including phenoxy) is 3. The molecular weight excluding hydrogens is 226 g/mol. The van der Waals surface area contributed by atoms with E-state index in [9.17, 15) is 0 Å². The van der Waals surface area contributed by atoms with Crippen molar-refractivity contribution in [3.8, 4) is 0 Å². The van der Waals surface area contributed by atoms with Crippen molar-refractivity contribution in [3.05, 3.63) is 11.7 Å². The highest BCUT2D eigenvalue weighted by molar-refractivity contribution is 4.97. The third kappa shape index (κ3) is 2.47. The van der Waals surface area contributed by atoms with E-state index in [-0.39, 0.29) is 12.1 Å². The summed E-state index contributed by atoms with van der Waals surface area (Å²) in [6.07, 6.45) is -0.241. The maximum Gasteiger partial charge on any atom is 0.258 e. The van der Waals surface area contributed by atoms with E-state index in [1.54, 1.807) is 0 Å². The normalized spacial score (nSPS) is 30.4. The van der Waals surface area contributed by atoms with Gasteiger partial charge in [-0.05, 0) is 0 Å². The fraction of sp³-hybridized carbons (Fsp3) is 0.800. The molecule has 0 radical (unpaired) electrons. The van der Waals surface area contributed by atoms with Crippen LogP contribution in [0.25, 0.3) is 0 Å². The van der Waals surface area contributed by atoms with Gasteiger partial charge in [0.2, 0.25) is 0 Å². The second-order valence-corrected chi connectivity index (χ2v) is 4.01. The van der Waals surface area contributed by atoms with Gasteiger partial charge in [0, 0.05) is 6.54 Å². The van der Waals surface area contributed by atoms with Gasteiger partial charge in [0.05, 0.1) is 39.1 Å². The first-order valence-corrected chi connectivity index (χ1v) is 5.77. The molecule has 0 aliphatic carbocycles. The molecule has 7 nitrogen and oxygen atoms in total. The van der Waals surface area contributed by atoms with Crippen molar-refractivity contribution < 1.29 is 18.7 Å². The molecule has 2 fully saturated rings. The van der Waals surface area contributed by atoms with Crippen LogP contribution in [0.4, 0.5) is 0 Å². The molecule has 0 amide bonds. The zero-order valence-corrected chi connectivity index (χ0v) is 9.42. The summed E-state index contributed by atoms with van der Waals surface area (Å²) in [7, 11) is 0. The molecular formula is C10H15N3O4. The molecule has 2 saturated heterocycles. The van der Waals surface area contributed by atoms with Crippen molar-refractivity contribution in [2.75, 3.05) is 39.6 Å². The highest BCUT2D eigenvalue weighted by Crippen LogP contribution is 2.21. The molecule has 3 rings (SSSR count). The van der Waals surface area contributed by atoms with Gasteiger partial charge in [0.1, 0.15) is 0 Å². The fourth-order valence-electron chi connectivity index (χ4n) is 1.88. The summed E-state index contributed by atoms with van der Waals surface area (Å²) in [6, 6.07) is 0.00533. The van der Waals surface area contributed by atoms with E-state index >= 15 is 0 Å². The Morgan fingerprint density at radius 2 is 2.06 bits per heavy atom. The molecule has 2 aliphatic heterocycles. The molecule has 17 heavy (non-hydrogen) atoms. The van der Waals surface area contributed by atoms with Gasteiger partial charge in [-0.15, -0.1) is 0 Å². The summed E-state index contributed by atoms with van der Waals surface area (Å²) in [6.45, 7) is 3.75. The highest BCUT2D eigenvalue weighted by atomic mass is 16.6. The number of morpholine rings is 1. The zero-order valence-electron chi connectivity index (χ0n) is 9.42. The molecule has 0 aromatic carbocycles. The molecule has 1 aromatic heterocycles. The third-order valence-corrected chi connectivity index (χ3v) is 2.78. The Morgan fingerprint density at radius 1 is 1.12 bits per heavy atom. The number of aromatic nitrogens is 2. The summed E-state index contributed by atoms with van der Waals surface area (Å²) in [5, 5.41) is 7.22. The Morgan fingerprint density at radius 3 is 2.82 bits per heavy atom. The van der Waals surface area contributed by atoms with Gasteiger partial charge in [-0.3, -0.25) is 0 Å².